The largest absolute Gasteiger partial charge is 0.431 e. The molecule has 0 rings (SSSR count). The highest BCUT2D eigenvalue weighted by atomic mass is 28.4. The van der Waals surface area contributed by atoms with Crippen molar-refractivity contribution < 1.29 is 13.3 Å². The molecule has 0 aliphatic heterocycles. The van der Waals surface area contributed by atoms with E-state index in [1.807, 2.05) is 13.1 Å². The van der Waals surface area contributed by atoms with E-state index in [0.29, 0.717) is 0 Å². The molecule has 5 heteroatoms. The normalized spacial score (nSPS) is 10.5. The van der Waals surface area contributed by atoms with Crippen LogP contribution in [0.4, 0.5) is 0 Å². The molecule has 0 fully saturated rings. The van der Waals surface area contributed by atoms with Gasteiger partial charge in [0.05, 0.1) is 0 Å². The molecule has 0 aromatic carbocycles. The van der Waals surface area contributed by atoms with Crippen molar-refractivity contribution >= 4 is 19.0 Å². The van der Waals surface area contributed by atoms with Gasteiger partial charge in [-0.3, -0.25) is 0 Å². The van der Waals surface area contributed by atoms with Gasteiger partial charge < -0.3 is 13.3 Å². The molecule has 0 atom stereocenters. The fourth-order valence-electron chi connectivity index (χ4n) is 0.0833. The summed E-state index contributed by atoms with van der Waals surface area (Å²) in [7, 11) is 4.26. The van der Waals surface area contributed by atoms with Gasteiger partial charge in [-0.25, -0.2) is 0 Å². The van der Waals surface area contributed by atoms with Crippen LogP contribution in [0.5, 0.6) is 0 Å². The van der Waals surface area contributed by atoms with Gasteiger partial charge in [0.2, 0.25) is 0 Å². The molecule has 0 aromatic rings. The predicted molar refractivity (Wildman–Crippen MR) is 48.4 cm³/mol. The summed E-state index contributed by atoms with van der Waals surface area (Å²) in [5, 5.41) is 0. The third kappa shape index (κ3) is 11.2. The van der Waals surface area contributed by atoms with Crippen LogP contribution < -0.4 is 0 Å². The van der Waals surface area contributed by atoms with Gasteiger partial charge in [0.25, 0.3) is 0 Å². The van der Waals surface area contributed by atoms with Crippen LogP contribution in [0, 0.1) is 0 Å². The van der Waals surface area contributed by atoms with E-state index in [1.54, 1.807) is 21.3 Å². The Labute approximate surface area is 67.5 Å². The highest BCUT2D eigenvalue weighted by molar-refractivity contribution is 6.64. The van der Waals surface area contributed by atoms with Gasteiger partial charge in [0, 0.05) is 21.3 Å². The van der Waals surface area contributed by atoms with Crippen molar-refractivity contribution in [2.45, 2.75) is 13.1 Å². The molecule has 0 heterocycles. The first-order valence-corrected chi connectivity index (χ1v) is 6.67. The number of rotatable bonds is 2. The van der Waals surface area contributed by atoms with Crippen molar-refractivity contribution in [2.24, 2.45) is 0 Å². The van der Waals surface area contributed by atoms with Crippen LogP contribution in [0.3, 0.4) is 0 Å². The van der Waals surface area contributed by atoms with Gasteiger partial charge in [-0.05, 0) is 13.1 Å². The molecule has 0 saturated heterocycles. The average molecular weight is 182 g/mol. The van der Waals surface area contributed by atoms with E-state index in [-0.39, 0.29) is 0 Å². The Hall–Kier alpha value is 0.314. The summed E-state index contributed by atoms with van der Waals surface area (Å²) in [5.74, 6) is 0. The molecule has 0 spiro atoms. The summed E-state index contributed by atoms with van der Waals surface area (Å²) in [6, 6.07) is 0. The summed E-state index contributed by atoms with van der Waals surface area (Å²) in [6.07, 6.45) is 0. The maximum absolute atomic E-state index is 5.00. The highest BCUT2D eigenvalue weighted by Gasteiger charge is 2.19. The molecule has 0 aliphatic rings. The van der Waals surface area contributed by atoms with E-state index >= 15 is 0 Å². The van der Waals surface area contributed by atoms with E-state index in [9.17, 15) is 0 Å². The van der Waals surface area contributed by atoms with E-state index < -0.39 is 8.56 Å². The van der Waals surface area contributed by atoms with Crippen molar-refractivity contribution in [3.63, 3.8) is 0 Å². The van der Waals surface area contributed by atoms with Crippen LogP contribution in [-0.2, 0) is 13.3 Å². The summed E-state index contributed by atoms with van der Waals surface area (Å²) >= 11 is 0. The van der Waals surface area contributed by atoms with Crippen LogP contribution in [-0.4, -0.2) is 40.4 Å². The van der Waals surface area contributed by atoms with Crippen molar-refractivity contribution in [1.29, 1.82) is 0 Å². The van der Waals surface area contributed by atoms with Gasteiger partial charge in [0.1, 0.15) is 10.5 Å². The number of hydrogen-bond donors (Lipinski definition) is 0. The van der Waals surface area contributed by atoms with Crippen molar-refractivity contribution in [1.82, 2.24) is 0 Å². The summed E-state index contributed by atoms with van der Waals surface area (Å²) in [4.78, 5) is 0. The first-order chi connectivity index (χ1) is 4.54. The lowest BCUT2D eigenvalue weighted by atomic mass is 11.8. The minimum atomic E-state index is -1.65. The van der Waals surface area contributed by atoms with Crippen LogP contribution in [0.15, 0.2) is 0 Å². The topological polar surface area (TPSA) is 27.7 Å². The summed E-state index contributed by atoms with van der Waals surface area (Å²) in [5.41, 5.74) is 0. The Morgan fingerprint density at radius 1 is 1.00 bits per heavy atom. The lowest BCUT2D eigenvalue weighted by Crippen LogP contribution is -2.31. The SMILES string of the molecule is CO[SiH3].CO[Si](C)(C)OC. The minimum Gasteiger partial charge on any atom is -0.431 e. The van der Waals surface area contributed by atoms with Crippen LogP contribution in [0.2, 0.25) is 13.1 Å². The van der Waals surface area contributed by atoms with Crippen LogP contribution in [0.25, 0.3) is 0 Å². The second-order valence-corrected chi connectivity index (χ2v) is 6.65. The fourth-order valence-corrected chi connectivity index (χ4v) is 0.250. The van der Waals surface area contributed by atoms with Crippen LogP contribution >= 0.6 is 0 Å². The molecule has 0 saturated carbocycles. The van der Waals surface area contributed by atoms with Gasteiger partial charge in [-0.2, -0.15) is 0 Å². The minimum absolute atomic E-state index is 0.869. The van der Waals surface area contributed by atoms with Gasteiger partial charge >= 0.3 is 8.56 Å². The lowest BCUT2D eigenvalue weighted by Gasteiger charge is -2.15. The molecule has 0 unspecified atom stereocenters. The second-order valence-electron chi connectivity index (χ2n) is 2.22. The molecule has 0 N–H and O–H groups in total. The highest BCUT2D eigenvalue weighted by Crippen LogP contribution is 1.99. The molecule has 0 aliphatic carbocycles. The van der Waals surface area contributed by atoms with Crippen molar-refractivity contribution in [3.8, 4) is 0 Å². The Bertz CT molecular complexity index is 61.9. The van der Waals surface area contributed by atoms with Gasteiger partial charge in [0.15, 0.2) is 0 Å². The Kier molecular flexibility index (Phi) is 9.61. The Morgan fingerprint density at radius 3 is 1.20 bits per heavy atom. The molecule has 10 heavy (non-hydrogen) atoms. The monoisotopic (exact) mass is 182 g/mol. The van der Waals surface area contributed by atoms with E-state index in [2.05, 4.69) is 4.43 Å². The van der Waals surface area contributed by atoms with Crippen molar-refractivity contribution in [2.75, 3.05) is 21.3 Å². The zero-order chi connectivity index (χ0) is 8.62. The number of hydrogen-bond acceptors (Lipinski definition) is 3. The Morgan fingerprint density at radius 2 is 1.20 bits per heavy atom. The molecule has 0 bridgehead atoms. The van der Waals surface area contributed by atoms with Gasteiger partial charge in [-0.1, -0.05) is 0 Å². The Balaban J connectivity index is 0. The standard InChI is InChI=1S/C4H12O2Si.CH6OSi/c1-5-7(3,4)6-2;1-2-3/h1-4H3;1,3H3. The molecule has 0 aromatic heterocycles. The zero-order valence-corrected chi connectivity index (χ0v) is 10.7. The fraction of sp³-hybridized carbons (Fsp3) is 1.00. The first-order valence-electron chi connectivity index (χ1n) is 3.04. The van der Waals surface area contributed by atoms with E-state index in [1.165, 1.54) is 0 Å². The summed E-state index contributed by atoms with van der Waals surface area (Å²) in [6.45, 7) is 3.99. The second kappa shape index (κ2) is 7.42. The lowest BCUT2D eigenvalue weighted by molar-refractivity contribution is 0.258. The maximum atomic E-state index is 5.00. The third-order valence-electron chi connectivity index (χ3n) is 0.983. The predicted octanol–water partition coefficient (Wildman–Crippen LogP) is -0.106. The maximum Gasteiger partial charge on any atom is 0.331 e. The summed E-state index contributed by atoms with van der Waals surface area (Å²) < 4.78 is 14.4. The molecule has 64 valence electrons. The smallest absolute Gasteiger partial charge is 0.331 e. The first kappa shape index (κ1) is 12.9. The molecule has 0 amide bonds. The van der Waals surface area contributed by atoms with Gasteiger partial charge in [-0.15, -0.1) is 0 Å². The quantitative estimate of drug-likeness (QED) is 0.558. The molecular formula is C5H18O3Si2. The average Bonchev–Trinajstić information content (AvgIpc) is 1.90. The van der Waals surface area contributed by atoms with Crippen LogP contribution in [0.1, 0.15) is 0 Å². The van der Waals surface area contributed by atoms with E-state index in [0.717, 1.165) is 10.5 Å². The van der Waals surface area contributed by atoms with E-state index in [4.69, 9.17) is 8.85 Å². The molecule has 0 radical (unpaired) electrons. The third-order valence-corrected chi connectivity index (χ3v) is 2.95. The molecule has 3 nitrogen and oxygen atoms in total. The molecular weight excluding hydrogens is 164 g/mol. The van der Waals surface area contributed by atoms with Crippen molar-refractivity contribution in [3.05, 3.63) is 0 Å². The zero-order valence-electron chi connectivity index (χ0n) is 7.72.